The Labute approximate surface area is 142 Å². The first-order chi connectivity index (χ1) is 10.5. The minimum atomic E-state index is 0.933. The Balaban J connectivity index is 3.52. The Morgan fingerprint density at radius 1 is 0.455 bits per heavy atom. The van der Waals surface area contributed by atoms with Gasteiger partial charge in [0, 0.05) is 0 Å². The summed E-state index contributed by atoms with van der Waals surface area (Å²) < 4.78 is 0. The molecule has 0 radical (unpaired) electrons. The van der Waals surface area contributed by atoms with Crippen molar-refractivity contribution in [1.29, 1.82) is 0 Å². The molecule has 0 aliphatic rings. The lowest BCUT2D eigenvalue weighted by Crippen LogP contribution is -2.02. The summed E-state index contributed by atoms with van der Waals surface area (Å²) in [6.07, 6.45) is 17.2. The Hall–Kier alpha value is 0. The predicted molar refractivity (Wildman–Crippen MR) is 103 cm³/mol. The van der Waals surface area contributed by atoms with E-state index in [1.165, 1.54) is 77.0 Å². The highest BCUT2D eigenvalue weighted by Gasteiger charge is 2.08. The number of hydrogen-bond donors (Lipinski definition) is 0. The van der Waals surface area contributed by atoms with E-state index in [9.17, 15) is 0 Å². The van der Waals surface area contributed by atoms with Gasteiger partial charge in [-0.15, -0.1) is 0 Å². The van der Waals surface area contributed by atoms with Gasteiger partial charge in [0.2, 0.25) is 0 Å². The minimum Gasteiger partial charge on any atom is -0.0651 e. The molecule has 0 heterocycles. The highest BCUT2D eigenvalue weighted by molar-refractivity contribution is 4.61. The van der Waals surface area contributed by atoms with Crippen LogP contribution in [0.2, 0.25) is 0 Å². The molecular weight excluding hydrogens is 264 g/mol. The Bertz CT molecular complexity index is 216. The van der Waals surface area contributed by atoms with Gasteiger partial charge in [-0.3, -0.25) is 0 Å². The molecule has 0 spiro atoms. The van der Waals surface area contributed by atoms with Gasteiger partial charge in [0.05, 0.1) is 0 Å². The monoisotopic (exact) mass is 310 g/mol. The maximum atomic E-state index is 2.47. The second kappa shape index (κ2) is 14.6. The zero-order valence-electron chi connectivity index (χ0n) is 16.8. The first-order valence-corrected chi connectivity index (χ1v) is 10.5. The largest absolute Gasteiger partial charge is 0.0651 e. The lowest BCUT2D eigenvalue weighted by atomic mass is 9.90. The predicted octanol–water partition coefficient (Wildman–Crippen LogP) is 8.25. The van der Waals surface area contributed by atoms with Crippen molar-refractivity contribution in [2.75, 3.05) is 0 Å². The Morgan fingerprint density at radius 3 is 1.18 bits per heavy atom. The molecular formula is C22H46. The van der Waals surface area contributed by atoms with Crippen LogP contribution in [0.15, 0.2) is 0 Å². The molecule has 0 rings (SSSR count). The van der Waals surface area contributed by atoms with Gasteiger partial charge in [-0.25, -0.2) is 0 Å². The fourth-order valence-electron chi connectivity index (χ4n) is 3.57. The summed E-state index contributed by atoms with van der Waals surface area (Å²) in [5.74, 6) is 3.81. The fraction of sp³-hybridized carbons (Fsp3) is 1.00. The van der Waals surface area contributed by atoms with Gasteiger partial charge in [0.15, 0.2) is 0 Å². The number of hydrogen-bond acceptors (Lipinski definition) is 0. The maximum absolute atomic E-state index is 2.47. The highest BCUT2D eigenvalue weighted by Crippen LogP contribution is 2.23. The van der Waals surface area contributed by atoms with E-state index in [4.69, 9.17) is 0 Å². The molecule has 0 saturated carbocycles. The molecule has 3 unspecified atom stereocenters. The standard InChI is InChI=1S/C22H46/c1-7-19(4)13-10-14-20(5)15-11-16-21(6)17-12-18-22(8-2)9-3/h19-22H,7-18H2,1-6H3. The molecule has 0 aromatic rings. The second-order valence-corrected chi connectivity index (χ2v) is 8.20. The van der Waals surface area contributed by atoms with Crippen molar-refractivity contribution >= 4 is 0 Å². The quantitative estimate of drug-likeness (QED) is 0.285. The van der Waals surface area contributed by atoms with Crippen LogP contribution in [0.25, 0.3) is 0 Å². The van der Waals surface area contributed by atoms with E-state index in [0.29, 0.717) is 0 Å². The van der Waals surface area contributed by atoms with Crippen molar-refractivity contribution in [3.63, 3.8) is 0 Å². The molecule has 0 aliphatic heterocycles. The molecule has 3 atom stereocenters. The summed E-state index contributed by atoms with van der Waals surface area (Å²) in [6, 6.07) is 0. The smallest absolute Gasteiger partial charge is 0.0420 e. The van der Waals surface area contributed by atoms with E-state index >= 15 is 0 Å². The van der Waals surface area contributed by atoms with Crippen molar-refractivity contribution in [3.05, 3.63) is 0 Å². The molecule has 0 aromatic carbocycles. The van der Waals surface area contributed by atoms with Crippen molar-refractivity contribution in [3.8, 4) is 0 Å². The summed E-state index contributed by atoms with van der Waals surface area (Å²) in [5, 5.41) is 0. The summed E-state index contributed by atoms with van der Waals surface area (Å²) in [4.78, 5) is 0. The minimum absolute atomic E-state index is 0.933. The first-order valence-electron chi connectivity index (χ1n) is 10.5. The molecule has 0 saturated heterocycles. The van der Waals surface area contributed by atoms with E-state index in [0.717, 1.165) is 23.7 Å². The third-order valence-corrected chi connectivity index (χ3v) is 5.95. The Kier molecular flexibility index (Phi) is 14.6. The maximum Gasteiger partial charge on any atom is -0.0420 e. The van der Waals surface area contributed by atoms with Crippen LogP contribution in [0.3, 0.4) is 0 Å². The van der Waals surface area contributed by atoms with Crippen molar-refractivity contribution in [1.82, 2.24) is 0 Å². The Morgan fingerprint density at radius 2 is 0.818 bits per heavy atom. The third kappa shape index (κ3) is 12.5. The average Bonchev–Trinajstić information content (AvgIpc) is 2.51. The van der Waals surface area contributed by atoms with Crippen LogP contribution in [0.1, 0.15) is 119 Å². The first kappa shape index (κ1) is 22.0. The van der Waals surface area contributed by atoms with Crippen LogP contribution in [0.5, 0.6) is 0 Å². The summed E-state index contributed by atoms with van der Waals surface area (Å²) in [5.41, 5.74) is 0. The molecule has 22 heavy (non-hydrogen) atoms. The highest BCUT2D eigenvalue weighted by atomic mass is 14.1. The van der Waals surface area contributed by atoms with E-state index in [-0.39, 0.29) is 0 Å². The molecule has 0 N–H and O–H groups in total. The topological polar surface area (TPSA) is 0 Å². The van der Waals surface area contributed by atoms with Gasteiger partial charge in [-0.2, -0.15) is 0 Å². The molecule has 0 fully saturated rings. The summed E-state index contributed by atoms with van der Waals surface area (Å²) >= 11 is 0. The van der Waals surface area contributed by atoms with Gasteiger partial charge in [-0.1, -0.05) is 119 Å². The lowest BCUT2D eigenvalue weighted by molar-refractivity contribution is 0.365. The van der Waals surface area contributed by atoms with Gasteiger partial charge >= 0.3 is 0 Å². The molecule has 0 nitrogen and oxygen atoms in total. The second-order valence-electron chi connectivity index (χ2n) is 8.20. The third-order valence-electron chi connectivity index (χ3n) is 5.95. The SMILES string of the molecule is CCC(C)CCCC(C)CCCC(C)CCCC(CC)CC. The molecule has 0 heteroatoms. The van der Waals surface area contributed by atoms with Crippen LogP contribution >= 0.6 is 0 Å². The zero-order valence-corrected chi connectivity index (χ0v) is 16.8. The number of rotatable bonds is 15. The van der Waals surface area contributed by atoms with Crippen molar-refractivity contribution in [2.24, 2.45) is 23.7 Å². The molecule has 0 aromatic heterocycles. The molecule has 0 aliphatic carbocycles. The normalized spacial score (nSPS) is 16.0. The lowest BCUT2D eigenvalue weighted by Gasteiger charge is -2.17. The van der Waals surface area contributed by atoms with Gasteiger partial charge in [-0.05, 0) is 23.7 Å². The fourth-order valence-corrected chi connectivity index (χ4v) is 3.57. The van der Waals surface area contributed by atoms with Crippen LogP contribution in [-0.2, 0) is 0 Å². The van der Waals surface area contributed by atoms with E-state index in [1.807, 2.05) is 0 Å². The van der Waals surface area contributed by atoms with Crippen molar-refractivity contribution in [2.45, 2.75) is 119 Å². The van der Waals surface area contributed by atoms with Crippen LogP contribution in [0.4, 0.5) is 0 Å². The van der Waals surface area contributed by atoms with Gasteiger partial charge in [0.1, 0.15) is 0 Å². The van der Waals surface area contributed by atoms with Crippen LogP contribution < -0.4 is 0 Å². The van der Waals surface area contributed by atoms with E-state index < -0.39 is 0 Å². The van der Waals surface area contributed by atoms with Gasteiger partial charge in [0.25, 0.3) is 0 Å². The molecule has 0 bridgehead atoms. The van der Waals surface area contributed by atoms with E-state index in [2.05, 4.69) is 41.5 Å². The zero-order chi connectivity index (χ0) is 16.8. The van der Waals surface area contributed by atoms with Crippen molar-refractivity contribution < 1.29 is 0 Å². The van der Waals surface area contributed by atoms with Crippen LogP contribution in [0, 0.1) is 23.7 Å². The van der Waals surface area contributed by atoms with Crippen LogP contribution in [-0.4, -0.2) is 0 Å². The summed E-state index contributed by atoms with van der Waals surface area (Å²) in [7, 11) is 0. The molecule has 134 valence electrons. The molecule has 0 amide bonds. The average molecular weight is 311 g/mol. The van der Waals surface area contributed by atoms with Gasteiger partial charge < -0.3 is 0 Å². The summed E-state index contributed by atoms with van der Waals surface area (Å²) in [6.45, 7) is 14.3. The van der Waals surface area contributed by atoms with E-state index in [1.54, 1.807) is 0 Å².